The average Bonchev–Trinajstić information content (AvgIpc) is 2.55. The summed E-state index contributed by atoms with van der Waals surface area (Å²) in [6.07, 6.45) is 0. The first kappa shape index (κ1) is 19.2. The summed E-state index contributed by atoms with van der Waals surface area (Å²) in [5, 5.41) is 0. The molecule has 2 rings (SSSR count). The van der Waals surface area contributed by atoms with Crippen molar-refractivity contribution < 1.29 is 19.1 Å². The van der Waals surface area contributed by atoms with Crippen molar-refractivity contribution in [3.8, 4) is 11.1 Å². The second-order valence-corrected chi connectivity index (χ2v) is 7.15. The third kappa shape index (κ3) is 4.47. The lowest BCUT2D eigenvalue weighted by Crippen LogP contribution is -2.06. The van der Waals surface area contributed by atoms with E-state index in [1.165, 1.54) is 0 Å². The van der Waals surface area contributed by atoms with Crippen molar-refractivity contribution in [2.75, 3.05) is 13.2 Å². The van der Waals surface area contributed by atoms with Crippen LogP contribution in [0, 0.1) is 7.14 Å². The van der Waals surface area contributed by atoms with Crippen LogP contribution in [0.25, 0.3) is 11.1 Å². The zero-order valence-electron chi connectivity index (χ0n) is 13.3. The van der Waals surface area contributed by atoms with Crippen molar-refractivity contribution in [3.05, 3.63) is 54.7 Å². The Labute approximate surface area is 168 Å². The highest BCUT2D eigenvalue weighted by Gasteiger charge is 2.14. The van der Waals surface area contributed by atoms with E-state index in [0.717, 1.165) is 18.3 Å². The largest absolute Gasteiger partial charge is 0.462 e. The van der Waals surface area contributed by atoms with E-state index < -0.39 is 0 Å². The Morgan fingerprint density at radius 3 is 1.46 bits per heavy atom. The number of rotatable bonds is 5. The molecule has 0 radical (unpaired) electrons. The van der Waals surface area contributed by atoms with E-state index in [-0.39, 0.29) is 11.9 Å². The number of hydrogen-bond acceptors (Lipinski definition) is 4. The van der Waals surface area contributed by atoms with Gasteiger partial charge in [-0.15, -0.1) is 0 Å². The van der Waals surface area contributed by atoms with Crippen molar-refractivity contribution in [2.45, 2.75) is 13.8 Å². The summed E-state index contributed by atoms with van der Waals surface area (Å²) in [6.45, 7) is 4.27. The van der Waals surface area contributed by atoms with E-state index in [4.69, 9.17) is 9.47 Å². The maximum absolute atomic E-state index is 11.8. The maximum atomic E-state index is 11.8. The molecular weight excluding hydrogens is 534 g/mol. The number of benzene rings is 2. The summed E-state index contributed by atoms with van der Waals surface area (Å²) in [7, 11) is 0. The van der Waals surface area contributed by atoms with Gasteiger partial charge < -0.3 is 9.47 Å². The highest BCUT2D eigenvalue weighted by Crippen LogP contribution is 2.31. The van der Waals surface area contributed by atoms with Gasteiger partial charge in [-0.1, -0.05) is 12.1 Å². The Morgan fingerprint density at radius 2 is 1.17 bits per heavy atom. The van der Waals surface area contributed by atoms with Gasteiger partial charge >= 0.3 is 11.9 Å². The minimum absolute atomic E-state index is 0.325. The van der Waals surface area contributed by atoms with Crippen LogP contribution in [-0.2, 0) is 9.47 Å². The number of esters is 2. The molecule has 6 heteroatoms. The number of hydrogen-bond donors (Lipinski definition) is 0. The topological polar surface area (TPSA) is 52.6 Å². The molecule has 0 bridgehead atoms. The van der Waals surface area contributed by atoms with Crippen molar-refractivity contribution in [1.29, 1.82) is 0 Å². The fourth-order valence-corrected chi connectivity index (χ4v) is 3.76. The lowest BCUT2D eigenvalue weighted by Gasteiger charge is -2.11. The van der Waals surface area contributed by atoms with Gasteiger partial charge in [-0.2, -0.15) is 0 Å². The molecule has 0 saturated heterocycles. The summed E-state index contributed by atoms with van der Waals surface area (Å²) in [6, 6.07) is 10.9. The Morgan fingerprint density at radius 1 is 0.792 bits per heavy atom. The molecule has 0 saturated carbocycles. The molecule has 4 nitrogen and oxygen atoms in total. The molecule has 0 unspecified atom stereocenters. The summed E-state index contributed by atoms with van der Waals surface area (Å²) in [5.41, 5.74) is 3.07. The molecule has 24 heavy (non-hydrogen) atoms. The zero-order chi connectivity index (χ0) is 17.7. The van der Waals surface area contributed by atoms with Gasteiger partial charge in [0.15, 0.2) is 0 Å². The van der Waals surface area contributed by atoms with Crippen molar-refractivity contribution >= 4 is 57.1 Å². The van der Waals surface area contributed by atoms with Crippen molar-refractivity contribution in [3.63, 3.8) is 0 Å². The Balaban J connectivity index is 2.35. The smallest absolute Gasteiger partial charge is 0.338 e. The summed E-state index contributed by atoms with van der Waals surface area (Å²) in [4.78, 5) is 23.6. The Hall–Kier alpha value is -1.16. The fourth-order valence-electron chi connectivity index (χ4n) is 2.15. The van der Waals surface area contributed by atoms with Crippen LogP contribution in [0.15, 0.2) is 36.4 Å². The zero-order valence-corrected chi connectivity index (χ0v) is 17.6. The number of carbonyl (C=O) groups is 2. The summed E-state index contributed by atoms with van der Waals surface area (Å²) >= 11 is 4.40. The molecule has 0 aliphatic heterocycles. The molecule has 0 aliphatic rings. The van der Waals surface area contributed by atoms with Crippen LogP contribution in [0.2, 0.25) is 0 Å². The van der Waals surface area contributed by atoms with Crippen LogP contribution in [0.4, 0.5) is 0 Å². The normalized spacial score (nSPS) is 10.3. The van der Waals surface area contributed by atoms with Crippen molar-refractivity contribution in [2.24, 2.45) is 0 Å². The monoisotopic (exact) mass is 550 g/mol. The van der Waals surface area contributed by atoms with Crippen LogP contribution in [0.5, 0.6) is 0 Å². The van der Waals surface area contributed by atoms with E-state index in [0.29, 0.717) is 24.3 Å². The molecule has 0 atom stereocenters. The first-order valence-corrected chi connectivity index (χ1v) is 9.57. The molecule has 0 heterocycles. The third-order valence-corrected chi connectivity index (χ3v) is 5.04. The molecule has 0 aliphatic carbocycles. The van der Waals surface area contributed by atoms with Gasteiger partial charge in [-0.25, -0.2) is 9.59 Å². The second-order valence-electron chi connectivity index (χ2n) is 4.83. The van der Waals surface area contributed by atoms with Gasteiger partial charge in [0.25, 0.3) is 0 Å². The Bertz CT molecular complexity index is 706. The van der Waals surface area contributed by atoms with Crippen LogP contribution < -0.4 is 0 Å². The first-order valence-electron chi connectivity index (χ1n) is 7.41. The van der Waals surface area contributed by atoms with Crippen molar-refractivity contribution in [1.82, 2.24) is 0 Å². The minimum atomic E-state index is -0.325. The quantitative estimate of drug-likeness (QED) is 0.392. The Kier molecular flexibility index (Phi) is 7.02. The first-order chi connectivity index (χ1) is 11.5. The van der Waals surface area contributed by atoms with Gasteiger partial charge in [0.2, 0.25) is 0 Å². The lowest BCUT2D eigenvalue weighted by molar-refractivity contribution is 0.0516. The molecule has 0 fully saturated rings. The molecule has 2 aromatic rings. The van der Waals surface area contributed by atoms with E-state index in [2.05, 4.69) is 45.2 Å². The SMILES string of the molecule is CCOC(=O)c1ccc(-c2ccc(C(=O)OCC)cc2I)c(I)c1. The fraction of sp³-hybridized carbons (Fsp3) is 0.222. The molecule has 126 valence electrons. The van der Waals surface area contributed by atoms with E-state index in [1.54, 1.807) is 26.0 Å². The van der Waals surface area contributed by atoms with Crippen LogP contribution in [-0.4, -0.2) is 25.2 Å². The van der Waals surface area contributed by atoms with Crippen LogP contribution in [0.3, 0.4) is 0 Å². The molecular formula is C18H16I2O4. The van der Waals surface area contributed by atoms with Crippen LogP contribution >= 0.6 is 45.2 Å². The minimum Gasteiger partial charge on any atom is -0.462 e. The maximum Gasteiger partial charge on any atom is 0.338 e. The third-order valence-electron chi connectivity index (χ3n) is 3.25. The standard InChI is InChI=1S/C18H16I2O4/c1-3-23-17(21)11-5-7-13(15(19)9-11)14-8-6-12(10-16(14)20)18(22)24-4-2/h5-10H,3-4H2,1-2H3. The molecule has 0 amide bonds. The van der Waals surface area contributed by atoms with Gasteiger partial charge in [0.1, 0.15) is 0 Å². The highest BCUT2D eigenvalue weighted by atomic mass is 127. The number of halogens is 2. The van der Waals surface area contributed by atoms with Gasteiger partial charge in [-0.3, -0.25) is 0 Å². The summed E-state index contributed by atoms with van der Waals surface area (Å²) in [5.74, 6) is -0.649. The summed E-state index contributed by atoms with van der Waals surface area (Å²) < 4.78 is 11.9. The number of carbonyl (C=O) groups excluding carboxylic acids is 2. The second kappa shape index (κ2) is 8.80. The van der Waals surface area contributed by atoms with Gasteiger partial charge in [-0.05, 0) is 94.4 Å². The molecule has 0 aromatic heterocycles. The predicted molar refractivity (Wildman–Crippen MR) is 109 cm³/mol. The van der Waals surface area contributed by atoms with E-state index in [1.807, 2.05) is 24.3 Å². The number of ether oxygens (including phenoxy) is 2. The van der Waals surface area contributed by atoms with Gasteiger partial charge in [0.05, 0.1) is 24.3 Å². The molecule has 2 aromatic carbocycles. The average molecular weight is 550 g/mol. The van der Waals surface area contributed by atoms with Crippen LogP contribution in [0.1, 0.15) is 34.6 Å². The molecule has 0 N–H and O–H groups in total. The lowest BCUT2D eigenvalue weighted by atomic mass is 10.0. The predicted octanol–water partition coefficient (Wildman–Crippen LogP) is 4.92. The molecule has 0 spiro atoms. The highest BCUT2D eigenvalue weighted by molar-refractivity contribution is 14.1. The van der Waals surface area contributed by atoms with E-state index >= 15 is 0 Å². The van der Waals surface area contributed by atoms with E-state index in [9.17, 15) is 9.59 Å². The van der Waals surface area contributed by atoms with Gasteiger partial charge in [0, 0.05) is 7.14 Å².